The van der Waals surface area contributed by atoms with Crippen molar-refractivity contribution in [3.63, 3.8) is 0 Å². The molecule has 108 valence electrons. The molecule has 0 saturated heterocycles. The van der Waals surface area contributed by atoms with E-state index in [1.807, 2.05) is 0 Å². The molecular formula is C14H15F2NO3. The van der Waals surface area contributed by atoms with E-state index < -0.39 is 23.3 Å². The van der Waals surface area contributed by atoms with Gasteiger partial charge in [0.2, 0.25) is 0 Å². The molecule has 0 fully saturated rings. The predicted octanol–water partition coefficient (Wildman–Crippen LogP) is 3.03. The maximum atomic E-state index is 13.0. The molecule has 1 N–H and O–H groups in total. The first-order valence-electron chi connectivity index (χ1n) is 5.82. The zero-order valence-electron chi connectivity index (χ0n) is 11.4. The van der Waals surface area contributed by atoms with Gasteiger partial charge in [0.05, 0.1) is 5.70 Å². The molecule has 0 radical (unpaired) electrons. The lowest BCUT2D eigenvalue weighted by Gasteiger charge is -2.19. The highest BCUT2D eigenvalue weighted by Gasteiger charge is 2.16. The summed E-state index contributed by atoms with van der Waals surface area (Å²) >= 11 is 0. The van der Waals surface area contributed by atoms with Gasteiger partial charge in [0.1, 0.15) is 17.2 Å². The number of carbonyl (C=O) groups is 2. The monoisotopic (exact) mass is 283 g/mol. The third kappa shape index (κ3) is 5.60. The Hall–Kier alpha value is -2.24. The van der Waals surface area contributed by atoms with Gasteiger partial charge in [0, 0.05) is 6.07 Å². The van der Waals surface area contributed by atoms with E-state index in [1.165, 1.54) is 0 Å². The second-order valence-electron chi connectivity index (χ2n) is 5.05. The average molecular weight is 283 g/mol. The quantitative estimate of drug-likeness (QED) is 0.685. The maximum absolute atomic E-state index is 13.0. The van der Waals surface area contributed by atoms with Crippen molar-refractivity contribution in [2.24, 2.45) is 0 Å². The van der Waals surface area contributed by atoms with E-state index in [-0.39, 0.29) is 11.3 Å². The smallest absolute Gasteiger partial charge is 0.412 e. The molecule has 1 amide bonds. The number of hydrogen-bond donors (Lipinski definition) is 1. The summed E-state index contributed by atoms with van der Waals surface area (Å²) in [6.07, 6.45) is 0.670. The molecule has 0 aliphatic carbocycles. The Bertz CT molecular complexity index is 528. The van der Waals surface area contributed by atoms with Crippen molar-refractivity contribution < 1.29 is 23.1 Å². The Balaban J connectivity index is 2.87. The summed E-state index contributed by atoms with van der Waals surface area (Å²) in [5.74, 6) is -1.56. The van der Waals surface area contributed by atoms with Gasteiger partial charge in [-0.2, -0.15) is 0 Å². The molecule has 1 rings (SSSR count). The number of benzene rings is 1. The number of hydrogen-bond acceptors (Lipinski definition) is 3. The minimum Gasteiger partial charge on any atom is -0.444 e. The first-order valence-corrected chi connectivity index (χ1v) is 5.82. The largest absolute Gasteiger partial charge is 0.444 e. The Morgan fingerprint density at radius 3 is 2.20 bits per heavy atom. The van der Waals surface area contributed by atoms with Crippen LogP contribution in [0.1, 0.15) is 26.3 Å². The second kappa shape index (κ2) is 6.27. The van der Waals surface area contributed by atoms with Crippen molar-refractivity contribution in [3.05, 3.63) is 41.1 Å². The zero-order valence-corrected chi connectivity index (χ0v) is 11.4. The van der Waals surface area contributed by atoms with Crippen molar-refractivity contribution >= 4 is 18.5 Å². The lowest BCUT2D eigenvalue weighted by molar-refractivity contribution is -0.105. The molecule has 4 nitrogen and oxygen atoms in total. The summed E-state index contributed by atoms with van der Waals surface area (Å²) in [6, 6.07) is 2.77. The molecule has 0 aliphatic rings. The van der Waals surface area contributed by atoms with Crippen LogP contribution in [0.25, 0.3) is 6.08 Å². The number of halogens is 2. The van der Waals surface area contributed by atoms with Crippen molar-refractivity contribution in [2.45, 2.75) is 26.4 Å². The minimum absolute atomic E-state index is 0.112. The first-order chi connectivity index (χ1) is 9.19. The van der Waals surface area contributed by atoms with Gasteiger partial charge >= 0.3 is 6.09 Å². The van der Waals surface area contributed by atoms with Crippen LogP contribution in [0.15, 0.2) is 23.9 Å². The Labute approximate surface area is 115 Å². The van der Waals surface area contributed by atoms with Gasteiger partial charge in [-0.15, -0.1) is 0 Å². The molecule has 0 aliphatic heterocycles. The fraction of sp³-hybridized carbons (Fsp3) is 0.286. The van der Waals surface area contributed by atoms with E-state index >= 15 is 0 Å². The summed E-state index contributed by atoms with van der Waals surface area (Å²) in [4.78, 5) is 22.3. The molecule has 0 bridgehead atoms. The van der Waals surface area contributed by atoms with Crippen LogP contribution in [0.2, 0.25) is 0 Å². The van der Waals surface area contributed by atoms with Gasteiger partial charge in [-0.1, -0.05) is 0 Å². The Morgan fingerprint density at radius 1 is 1.20 bits per heavy atom. The fourth-order valence-electron chi connectivity index (χ4n) is 1.36. The van der Waals surface area contributed by atoms with E-state index in [4.69, 9.17) is 4.74 Å². The van der Waals surface area contributed by atoms with Gasteiger partial charge < -0.3 is 4.74 Å². The minimum atomic E-state index is -0.826. The Morgan fingerprint density at radius 2 is 1.75 bits per heavy atom. The number of nitrogens with one attached hydrogen (secondary N) is 1. The van der Waals surface area contributed by atoms with E-state index in [0.717, 1.165) is 18.2 Å². The van der Waals surface area contributed by atoms with Crippen LogP contribution < -0.4 is 5.32 Å². The second-order valence-corrected chi connectivity index (χ2v) is 5.05. The molecule has 1 aromatic rings. The lowest BCUT2D eigenvalue weighted by Crippen LogP contribution is -2.32. The van der Waals surface area contributed by atoms with Crippen molar-refractivity contribution in [1.29, 1.82) is 0 Å². The molecule has 1 aromatic carbocycles. The summed E-state index contributed by atoms with van der Waals surface area (Å²) in [7, 11) is 0. The number of carbonyl (C=O) groups excluding carboxylic acids is 2. The number of aldehydes is 1. The van der Waals surface area contributed by atoms with Crippen LogP contribution in [-0.2, 0) is 9.53 Å². The van der Waals surface area contributed by atoms with Gasteiger partial charge in [-0.05, 0) is 44.5 Å². The predicted molar refractivity (Wildman–Crippen MR) is 69.8 cm³/mol. The molecule has 0 aromatic heterocycles. The van der Waals surface area contributed by atoms with Crippen LogP contribution in [-0.4, -0.2) is 18.0 Å². The van der Waals surface area contributed by atoms with Gasteiger partial charge in [-0.25, -0.2) is 13.6 Å². The van der Waals surface area contributed by atoms with Crippen LogP contribution in [0.3, 0.4) is 0 Å². The highest BCUT2D eigenvalue weighted by atomic mass is 19.1. The number of amides is 1. The number of alkyl carbamates (subject to hydrolysis) is 1. The molecule has 0 saturated carbocycles. The first kappa shape index (κ1) is 15.8. The van der Waals surface area contributed by atoms with Gasteiger partial charge in [0.25, 0.3) is 0 Å². The zero-order chi connectivity index (χ0) is 15.3. The number of rotatable bonds is 3. The molecule has 0 heterocycles. The maximum Gasteiger partial charge on any atom is 0.412 e. The third-order valence-corrected chi connectivity index (χ3v) is 1.98. The third-order valence-electron chi connectivity index (χ3n) is 1.98. The van der Waals surface area contributed by atoms with Crippen LogP contribution in [0, 0.1) is 11.6 Å². The standard InChI is InChI=1S/C14H15F2NO3/c1-14(2,3)20-13(19)17-12(8-18)6-9-4-10(15)7-11(16)5-9/h4-8H,1-3H3,(H,17,19). The van der Waals surface area contributed by atoms with E-state index in [1.54, 1.807) is 20.8 Å². The van der Waals surface area contributed by atoms with Crippen LogP contribution >= 0.6 is 0 Å². The number of allylic oxidation sites excluding steroid dienone is 1. The van der Waals surface area contributed by atoms with E-state index in [2.05, 4.69) is 5.32 Å². The topological polar surface area (TPSA) is 55.4 Å². The highest BCUT2D eigenvalue weighted by Crippen LogP contribution is 2.11. The summed E-state index contributed by atoms with van der Waals surface area (Å²) in [5, 5.41) is 2.20. The van der Waals surface area contributed by atoms with Crippen LogP contribution in [0.5, 0.6) is 0 Å². The molecule has 0 atom stereocenters. The molecule has 0 spiro atoms. The van der Waals surface area contributed by atoms with Crippen molar-refractivity contribution in [3.8, 4) is 0 Å². The molecule has 20 heavy (non-hydrogen) atoms. The normalized spacial score (nSPS) is 11.9. The summed E-state index contributed by atoms with van der Waals surface area (Å²) in [5.41, 5.74) is -0.770. The summed E-state index contributed by atoms with van der Waals surface area (Å²) < 4.78 is 31.0. The number of ether oxygens (including phenoxy) is 1. The van der Waals surface area contributed by atoms with E-state index in [9.17, 15) is 18.4 Å². The van der Waals surface area contributed by atoms with Gasteiger partial charge in [0.15, 0.2) is 6.29 Å². The van der Waals surface area contributed by atoms with E-state index in [0.29, 0.717) is 12.4 Å². The van der Waals surface area contributed by atoms with Gasteiger partial charge in [-0.3, -0.25) is 10.1 Å². The molecular weight excluding hydrogens is 268 g/mol. The van der Waals surface area contributed by atoms with Crippen LogP contribution in [0.4, 0.5) is 13.6 Å². The summed E-state index contributed by atoms with van der Waals surface area (Å²) in [6.45, 7) is 5.00. The molecule has 0 unspecified atom stereocenters. The molecule has 6 heteroatoms. The highest BCUT2D eigenvalue weighted by molar-refractivity contribution is 5.87. The van der Waals surface area contributed by atoms with Crippen molar-refractivity contribution in [2.75, 3.05) is 0 Å². The fourth-order valence-corrected chi connectivity index (χ4v) is 1.36. The van der Waals surface area contributed by atoms with Crippen molar-refractivity contribution in [1.82, 2.24) is 5.32 Å². The SMILES string of the molecule is CC(C)(C)OC(=O)NC(C=O)=Cc1cc(F)cc(F)c1. The average Bonchev–Trinajstić information content (AvgIpc) is 2.23. The Kier molecular flexibility index (Phi) is 4.96. The lowest BCUT2D eigenvalue weighted by atomic mass is 10.2.